The van der Waals surface area contributed by atoms with Crippen molar-refractivity contribution in [3.05, 3.63) is 46.4 Å². The van der Waals surface area contributed by atoms with E-state index >= 15 is 0 Å². The number of nitrogens with one attached hydrogen (secondary N) is 1. The highest BCUT2D eigenvalue weighted by Crippen LogP contribution is 2.31. The highest BCUT2D eigenvalue weighted by atomic mass is 35.5. The summed E-state index contributed by atoms with van der Waals surface area (Å²) in [5.41, 5.74) is 3.86. The van der Waals surface area contributed by atoms with E-state index in [1.807, 2.05) is 38.1 Å². The molecule has 0 radical (unpaired) electrons. The molecule has 5 heteroatoms. The number of aromatic nitrogens is 2. The molecule has 4 nitrogen and oxygen atoms in total. The van der Waals surface area contributed by atoms with Gasteiger partial charge in [-0.2, -0.15) is 0 Å². The summed E-state index contributed by atoms with van der Waals surface area (Å²) in [7, 11) is 0. The van der Waals surface area contributed by atoms with Crippen LogP contribution < -0.4 is 5.32 Å². The SMILES string of the molecule is CC(C)C(=O)Cc1nc2c(c(-c3ccccc3Cl)n1)CNCC2. The quantitative estimate of drug-likeness (QED) is 0.935. The third-order valence-corrected chi connectivity index (χ3v) is 4.41. The van der Waals surface area contributed by atoms with Crippen molar-refractivity contribution in [3.63, 3.8) is 0 Å². The molecule has 0 aliphatic carbocycles. The first-order valence-corrected chi connectivity index (χ1v) is 8.31. The van der Waals surface area contributed by atoms with Crippen molar-refractivity contribution in [2.75, 3.05) is 6.54 Å². The molecule has 0 fully saturated rings. The zero-order chi connectivity index (χ0) is 16.4. The smallest absolute Gasteiger partial charge is 0.142 e. The standard InChI is InChI=1S/C18H20ClN3O/c1-11(2)16(23)9-17-21-15-7-8-20-10-13(15)18(22-17)12-5-3-4-6-14(12)19/h3-6,11,20H,7-10H2,1-2H3. The van der Waals surface area contributed by atoms with Gasteiger partial charge in [-0.1, -0.05) is 43.6 Å². The maximum atomic E-state index is 12.1. The highest BCUT2D eigenvalue weighted by Gasteiger charge is 2.21. The highest BCUT2D eigenvalue weighted by molar-refractivity contribution is 6.33. The fourth-order valence-electron chi connectivity index (χ4n) is 2.71. The average molecular weight is 330 g/mol. The van der Waals surface area contributed by atoms with Crippen LogP contribution in [0.2, 0.25) is 5.02 Å². The van der Waals surface area contributed by atoms with Crippen molar-refractivity contribution in [3.8, 4) is 11.3 Å². The van der Waals surface area contributed by atoms with Crippen molar-refractivity contribution < 1.29 is 4.79 Å². The van der Waals surface area contributed by atoms with Crippen LogP contribution in [0.3, 0.4) is 0 Å². The third kappa shape index (κ3) is 3.43. The number of nitrogens with zero attached hydrogens (tertiary/aromatic N) is 2. The van der Waals surface area contributed by atoms with Gasteiger partial charge in [0.05, 0.1) is 17.8 Å². The monoisotopic (exact) mass is 329 g/mol. The first kappa shape index (κ1) is 16.1. The summed E-state index contributed by atoms with van der Waals surface area (Å²) in [6, 6.07) is 7.68. The molecule has 0 saturated heterocycles. The third-order valence-electron chi connectivity index (χ3n) is 4.08. The fraction of sp³-hybridized carbons (Fsp3) is 0.389. The lowest BCUT2D eigenvalue weighted by Gasteiger charge is -2.20. The molecule has 2 heterocycles. The summed E-state index contributed by atoms with van der Waals surface area (Å²) in [6.07, 6.45) is 1.12. The summed E-state index contributed by atoms with van der Waals surface area (Å²) >= 11 is 6.36. The van der Waals surface area contributed by atoms with Crippen LogP contribution in [0.25, 0.3) is 11.3 Å². The number of benzene rings is 1. The first-order chi connectivity index (χ1) is 11.1. The number of halogens is 1. The summed E-state index contributed by atoms with van der Waals surface area (Å²) in [6.45, 7) is 5.43. The van der Waals surface area contributed by atoms with E-state index in [1.165, 1.54) is 0 Å². The minimum atomic E-state index is -0.0138. The van der Waals surface area contributed by atoms with Gasteiger partial charge in [-0.25, -0.2) is 9.97 Å². The number of hydrogen-bond acceptors (Lipinski definition) is 4. The molecule has 2 aromatic rings. The zero-order valence-corrected chi connectivity index (χ0v) is 14.2. The van der Waals surface area contributed by atoms with E-state index in [0.29, 0.717) is 10.8 Å². The summed E-state index contributed by atoms with van der Waals surface area (Å²) in [5.74, 6) is 0.739. The van der Waals surface area contributed by atoms with Gasteiger partial charge in [-0.15, -0.1) is 0 Å². The number of fused-ring (bicyclic) bond motifs is 1. The van der Waals surface area contributed by atoms with Crippen molar-refractivity contribution in [1.29, 1.82) is 0 Å². The largest absolute Gasteiger partial charge is 0.312 e. The van der Waals surface area contributed by atoms with Crippen molar-refractivity contribution in [1.82, 2.24) is 15.3 Å². The first-order valence-electron chi connectivity index (χ1n) is 7.93. The van der Waals surface area contributed by atoms with Gasteiger partial charge < -0.3 is 5.32 Å². The van der Waals surface area contributed by atoms with Gasteiger partial charge in [-0.3, -0.25) is 4.79 Å². The predicted octanol–water partition coefficient (Wildman–Crippen LogP) is 3.21. The number of ketones is 1. The second-order valence-electron chi connectivity index (χ2n) is 6.12. The van der Waals surface area contributed by atoms with E-state index in [9.17, 15) is 4.79 Å². The molecule has 1 aromatic carbocycles. The second-order valence-corrected chi connectivity index (χ2v) is 6.53. The Labute approximate surface area is 141 Å². The molecule has 1 aliphatic rings. The Bertz CT molecular complexity index is 743. The van der Waals surface area contributed by atoms with Gasteiger partial charge in [0, 0.05) is 41.6 Å². The lowest BCUT2D eigenvalue weighted by Crippen LogP contribution is -2.27. The maximum absolute atomic E-state index is 12.1. The van der Waals surface area contributed by atoms with Gasteiger partial charge in [0.2, 0.25) is 0 Å². The zero-order valence-electron chi connectivity index (χ0n) is 13.4. The molecule has 23 heavy (non-hydrogen) atoms. The topological polar surface area (TPSA) is 54.9 Å². The van der Waals surface area contributed by atoms with Gasteiger partial charge in [0.25, 0.3) is 0 Å². The van der Waals surface area contributed by atoms with Crippen LogP contribution in [-0.2, 0) is 24.2 Å². The lowest BCUT2D eigenvalue weighted by atomic mass is 9.99. The van der Waals surface area contributed by atoms with Crippen molar-refractivity contribution in [2.45, 2.75) is 33.2 Å². The second kappa shape index (κ2) is 6.77. The Hall–Kier alpha value is -1.78. The molecule has 1 aliphatic heterocycles. The average Bonchev–Trinajstić information content (AvgIpc) is 2.54. The molecule has 120 valence electrons. The van der Waals surface area contributed by atoms with Crippen LogP contribution in [-0.4, -0.2) is 22.3 Å². The van der Waals surface area contributed by atoms with Gasteiger partial charge in [0.15, 0.2) is 0 Å². The summed E-state index contributed by atoms with van der Waals surface area (Å²) in [4.78, 5) is 21.4. The minimum absolute atomic E-state index is 0.0138. The number of carbonyl (C=O) groups is 1. The van der Waals surface area contributed by atoms with E-state index in [2.05, 4.69) is 15.3 Å². The molecule has 0 saturated carbocycles. The summed E-state index contributed by atoms with van der Waals surface area (Å²) in [5, 5.41) is 4.03. The Morgan fingerprint density at radius 1 is 1.30 bits per heavy atom. The summed E-state index contributed by atoms with van der Waals surface area (Å²) < 4.78 is 0. The molecular formula is C18H20ClN3O. The number of carbonyl (C=O) groups excluding carboxylic acids is 1. The fourth-order valence-corrected chi connectivity index (χ4v) is 2.93. The Balaban J connectivity index is 2.10. The molecule has 0 amide bonds. The molecule has 0 unspecified atom stereocenters. The number of Topliss-reactive ketones (excluding diaryl/α,β-unsaturated/α-hetero) is 1. The van der Waals surface area contributed by atoms with Gasteiger partial charge in [0.1, 0.15) is 11.6 Å². The van der Waals surface area contributed by atoms with E-state index in [4.69, 9.17) is 11.6 Å². The molecule has 1 aromatic heterocycles. The molecule has 0 spiro atoms. The Morgan fingerprint density at radius 3 is 2.83 bits per heavy atom. The Morgan fingerprint density at radius 2 is 2.09 bits per heavy atom. The molecule has 0 atom stereocenters. The normalized spacial score (nSPS) is 13.9. The van der Waals surface area contributed by atoms with Crippen LogP contribution in [0.4, 0.5) is 0 Å². The van der Waals surface area contributed by atoms with Crippen LogP contribution >= 0.6 is 11.6 Å². The van der Waals surface area contributed by atoms with Crippen molar-refractivity contribution in [2.24, 2.45) is 5.92 Å². The lowest BCUT2D eigenvalue weighted by molar-refractivity contribution is -0.121. The van der Waals surface area contributed by atoms with Crippen LogP contribution in [0.15, 0.2) is 24.3 Å². The van der Waals surface area contributed by atoms with Crippen LogP contribution in [0.5, 0.6) is 0 Å². The van der Waals surface area contributed by atoms with E-state index in [1.54, 1.807) is 0 Å². The number of rotatable bonds is 4. The van der Waals surface area contributed by atoms with Crippen LogP contribution in [0.1, 0.15) is 30.9 Å². The molecule has 0 bridgehead atoms. The predicted molar refractivity (Wildman–Crippen MR) is 91.4 cm³/mol. The van der Waals surface area contributed by atoms with Gasteiger partial charge in [-0.05, 0) is 6.07 Å². The van der Waals surface area contributed by atoms with Gasteiger partial charge >= 0.3 is 0 Å². The maximum Gasteiger partial charge on any atom is 0.142 e. The molecular weight excluding hydrogens is 310 g/mol. The van der Waals surface area contributed by atoms with E-state index < -0.39 is 0 Å². The molecule has 3 rings (SSSR count). The van der Waals surface area contributed by atoms with E-state index in [-0.39, 0.29) is 18.1 Å². The Kier molecular flexibility index (Phi) is 4.74. The minimum Gasteiger partial charge on any atom is -0.312 e. The molecule has 1 N–H and O–H groups in total. The van der Waals surface area contributed by atoms with Crippen LogP contribution in [0, 0.1) is 5.92 Å². The van der Waals surface area contributed by atoms with Crippen molar-refractivity contribution >= 4 is 17.4 Å². The van der Waals surface area contributed by atoms with E-state index in [0.717, 1.165) is 42.0 Å². The number of hydrogen-bond donors (Lipinski definition) is 1.